The fourth-order valence-electron chi connectivity index (χ4n) is 0.459. The molecule has 0 fully saturated rings. The van der Waals surface area contributed by atoms with Crippen LogP contribution < -0.4 is 0 Å². The predicted molar refractivity (Wildman–Crippen MR) is 39.4 cm³/mol. The maximum Gasteiger partial charge on any atom is 2.00 e. The van der Waals surface area contributed by atoms with E-state index in [2.05, 4.69) is 48.7 Å². The monoisotopic (exact) mass is 516 g/mol. The van der Waals surface area contributed by atoms with Gasteiger partial charge in [-0.05, 0) is 0 Å². The normalized spacial score (nSPS) is 4.81. The second-order valence-electron chi connectivity index (χ2n) is 2.22. The van der Waals surface area contributed by atoms with Crippen molar-refractivity contribution in [2.45, 2.75) is 20.3 Å². The van der Waals surface area contributed by atoms with Gasteiger partial charge in [0.1, 0.15) is 0 Å². The largest absolute Gasteiger partial charge is 2.00 e. The summed E-state index contributed by atoms with van der Waals surface area (Å²) < 4.78 is 1.20. The van der Waals surface area contributed by atoms with Gasteiger partial charge in [-0.25, -0.2) is 0 Å². The Morgan fingerprint density at radius 3 is 1.44 bits per heavy atom. The molecule has 8 heteroatoms. The van der Waals surface area contributed by atoms with E-state index in [0.717, 1.165) is 12.3 Å². The van der Waals surface area contributed by atoms with Gasteiger partial charge in [0.05, 0.1) is 0 Å². The summed E-state index contributed by atoms with van der Waals surface area (Å²) in [5.74, 6) is 0.724. The molecule has 0 saturated heterocycles. The molecule has 84 valence electrons. The van der Waals surface area contributed by atoms with Crippen molar-refractivity contribution in [1.29, 1.82) is 0 Å². The summed E-state index contributed by atoms with van der Waals surface area (Å²) in [5.41, 5.74) is 0. The Morgan fingerprint density at radius 2 is 1.38 bits per heavy atom. The number of rotatable bonds is 3. The summed E-state index contributed by atoms with van der Waals surface area (Å²) in [5, 5.41) is 4.44. The third kappa shape index (κ3) is 51.8. The molecule has 0 aromatic heterocycles. The van der Waals surface area contributed by atoms with E-state index in [4.69, 9.17) is 0 Å². The van der Waals surface area contributed by atoms with E-state index in [1.54, 1.807) is 0 Å². The van der Waals surface area contributed by atoms with Crippen molar-refractivity contribution in [2.24, 2.45) is 5.92 Å². The molecule has 0 amide bonds. The summed E-state index contributed by atoms with van der Waals surface area (Å²) in [4.78, 5) is 0. The molecule has 0 unspecified atom stereocenters. The molecule has 0 bridgehead atoms. The summed E-state index contributed by atoms with van der Waals surface area (Å²) in [7, 11) is 0. The topological polar surface area (TPSA) is 0 Å². The van der Waals surface area contributed by atoms with Crippen LogP contribution in [0.25, 0.3) is 0 Å². The predicted octanol–water partition coefficient (Wildman–Crippen LogP) is 1.57. The maximum absolute atomic E-state index is 4.44. The van der Waals surface area contributed by atoms with Crippen LogP contribution in [0.15, 0.2) is 6.58 Å². The van der Waals surface area contributed by atoms with E-state index < -0.39 is 0 Å². The standard InChI is InChI=1S/C7H11.CH.8V/c1-4-5-6-7(2)3;;;;;;;;;/h7H,1,6H2,2-3H3;1H;;;;;;;;/q2*-1;;;;;;;;+2. The third-order valence-electron chi connectivity index (χ3n) is 0.806. The molecule has 0 atom stereocenters. The summed E-state index contributed by atoms with van der Waals surface area (Å²) in [6.45, 7) is 7.91. The molecular weight excluding hydrogens is 504 g/mol. The quantitative estimate of drug-likeness (QED) is 0.501. The van der Waals surface area contributed by atoms with E-state index in [-0.39, 0.29) is 111 Å². The average molecular weight is 516 g/mol. The second kappa shape index (κ2) is 42.7. The van der Waals surface area contributed by atoms with Gasteiger partial charge in [0.25, 0.3) is 0 Å². The molecule has 0 aliphatic rings. The number of hydrogen-bond donors (Lipinski definition) is 0. The van der Waals surface area contributed by atoms with Gasteiger partial charge in [-0.3, -0.25) is 0 Å². The maximum atomic E-state index is 4.44. The van der Waals surface area contributed by atoms with Gasteiger partial charge >= 0.3 is 101 Å². The van der Waals surface area contributed by atoms with E-state index in [0.29, 0.717) is 0 Å². The van der Waals surface area contributed by atoms with Crippen molar-refractivity contribution in [1.82, 2.24) is 0 Å². The zero-order valence-corrected chi connectivity index (χ0v) is 20.3. The fraction of sp³-hybridized carbons (Fsp3) is 0.500. The van der Waals surface area contributed by atoms with Crippen molar-refractivity contribution in [3.63, 3.8) is 0 Å². The van der Waals surface area contributed by atoms with Crippen LogP contribution in [0.1, 0.15) is 20.3 Å². The first-order valence-electron chi connectivity index (χ1n) is 3.00. The molecule has 0 spiro atoms. The SMILES string of the molecule is C=[C-][C](=[V])CC(C)C.[CH-]=[V].[V+2].[V].[V].[V].[V].[V]. The van der Waals surface area contributed by atoms with Crippen molar-refractivity contribution in [2.75, 3.05) is 0 Å². The van der Waals surface area contributed by atoms with Crippen LogP contribution in [-0.2, 0) is 145 Å². The molecule has 0 heterocycles. The van der Waals surface area contributed by atoms with Crippen LogP contribution in [0.3, 0.4) is 0 Å². The van der Waals surface area contributed by atoms with Gasteiger partial charge in [0, 0.05) is 92.8 Å². The van der Waals surface area contributed by atoms with Gasteiger partial charge in [-0.1, -0.05) is 0 Å². The average Bonchev–Trinajstić information content (AvgIpc) is 1.91. The van der Waals surface area contributed by atoms with E-state index >= 15 is 0 Å². The number of allylic oxidation sites excluding steroid dienone is 1. The van der Waals surface area contributed by atoms with Gasteiger partial charge in [-0.2, -0.15) is 0 Å². The van der Waals surface area contributed by atoms with Crippen LogP contribution in [-0.4, -0.2) is 9.46 Å². The van der Waals surface area contributed by atoms with E-state index in [1.807, 2.05) is 17.0 Å². The molecule has 0 saturated carbocycles. The first-order valence-corrected chi connectivity index (χ1v) is 4.51. The van der Waals surface area contributed by atoms with Gasteiger partial charge in [0.15, 0.2) is 0 Å². The molecule has 0 aliphatic carbocycles. The molecule has 0 rings (SSSR count). The van der Waals surface area contributed by atoms with Crippen molar-refractivity contribution in [3.8, 4) is 0 Å². The van der Waals surface area contributed by atoms with Crippen LogP contribution in [0.2, 0.25) is 0 Å². The second-order valence-corrected chi connectivity index (χ2v) is 3.06. The minimum Gasteiger partial charge on any atom is 0 e. The van der Waals surface area contributed by atoms with Crippen LogP contribution in [0.4, 0.5) is 0 Å². The molecule has 16 heavy (non-hydrogen) atoms. The zero-order chi connectivity index (χ0) is 8.57. The first kappa shape index (κ1) is 50.1. The van der Waals surface area contributed by atoms with Crippen molar-refractivity contribution >= 4 is 9.46 Å². The number of hydrogen-bond acceptors (Lipinski definition) is 0. The van der Waals surface area contributed by atoms with Gasteiger partial charge in [0.2, 0.25) is 0 Å². The Morgan fingerprint density at radius 1 is 1.12 bits per heavy atom. The molecule has 0 aliphatic heterocycles. The van der Waals surface area contributed by atoms with Crippen LogP contribution in [0, 0.1) is 12.0 Å². The smallest absolute Gasteiger partial charge is 0 e. The van der Waals surface area contributed by atoms with Crippen LogP contribution >= 0.6 is 0 Å². The molecular formula is C8H12V8. The summed E-state index contributed by atoms with van der Waals surface area (Å²) in [6, 6.07) is 0. The molecule has 0 nitrogen and oxygen atoms in total. The molecule has 0 N–H and O–H groups in total. The first-order chi connectivity index (χ1) is 4.66. The van der Waals surface area contributed by atoms with E-state index in [1.165, 1.54) is 4.23 Å². The van der Waals surface area contributed by atoms with Crippen molar-refractivity contribution in [3.05, 3.63) is 12.7 Å². The fourth-order valence-corrected chi connectivity index (χ4v) is 1.03. The van der Waals surface area contributed by atoms with Crippen molar-refractivity contribution < 1.29 is 145 Å². The van der Waals surface area contributed by atoms with Gasteiger partial charge < -0.3 is 0 Å². The zero-order valence-electron chi connectivity index (χ0n) is 9.15. The Labute approximate surface area is 190 Å². The molecule has 0 aromatic rings. The third-order valence-corrected chi connectivity index (χ3v) is 1.34. The Kier molecular flexibility index (Phi) is 134. The minimum atomic E-state index is 0. The Bertz CT molecular complexity index is 115. The molecule has 0 aromatic carbocycles. The molecule has 6 radical (unpaired) electrons. The van der Waals surface area contributed by atoms with E-state index in [9.17, 15) is 0 Å². The Hall–Kier alpha value is 4.16. The summed E-state index contributed by atoms with van der Waals surface area (Å²) in [6.07, 6.45) is 3.94. The van der Waals surface area contributed by atoms with Crippen LogP contribution in [0.5, 0.6) is 0 Å². The summed E-state index contributed by atoms with van der Waals surface area (Å²) >= 11 is 4.29. The van der Waals surface area contributed by atoms with Gasteiger partial charge in [-0.15, -0.1) is 0 Å². The Balaban J connectivity index is -0.0000000126. The minimum absolute atomic E-state index is 0.